The topological polar surface area (TPSA) is 70.8 Å². The number of nitrogens with one attached hydrogen (secondary N) is 1. The van der Waals surface area contributed by atoms with Crippen molar-refractivity contribution in [3.05, 3.63) is 5.82 Å². The maximum Gasteiger partial charge on any atom is 0.244 e. The highest BCUT2D eigenvalue weighted by Gasteiger charge is 2.32. The molecule has 0 radical (unpaired) electrons. The average Bonchev–Trinajstić information content (AvgIpc) is 3.06. The summed E-state index contributed by atoms with van der Waals surface area (Å²) in [7, 11) is 0. The summed E-state index contributed by atoms with van der Waals surface area (Å²) in [5, 5.41) is 7.59. The van der Waals surface area contributed by atoms with Crippen LogP contribution in [0, 0.1) is 11.3 Å². The first kappa shape index (κ1) is 14.8. The third kappa shape index (κ3) is 3.23. The van der Waals surface area contributed by atoms with Gasteiger partial charge in [-0.25, -0.2) is 0 Å². The summed E-state index contributed by atoms with van der Waals surface area (Å²) in [6.07, 6.45) is 6.12. The largest absolute Gasteiger partial charge is 0.338 e. The summed E-state index contributed by atoms with van der Waals surface area (Å²) in [5.74, 6) is 3.32. The number of H-pyrrole nitrogens is 1. The molecule has 0 aromatic carbocycles. The Hall–Kier alpha value is -1.10. The molecule has 1 saturated carbocycles. The lowest BCUT2D eigenvalue weighted by atomic mass is 9.70. The fraction of sp³-hybridized carbons (Fsp3) is 0.875. The molecule has 3 N–H and O–H groups in total. The molecule has 1 unspecified atom stereocenters. The van der Waals surface area contributed by atoms with Gasteiger partial charge in [0.25, 0.3) is 0 Å². The average molecular weight is 291 g/mol. The van der Waals surface area contributed by atoms with Crippen molar-refractivity contribution in [2.75, 3.05) is 18.0 Å². The Morgan fingerprint density at radius 1 is 1.14 bits per heavy atom. The van der Waals surface area contributed by atoms with Gasteiger partial charge < -0.3 is 10.6 Å². The van der Waals surface area contributed by atoms with Gasteiger partial charge in [0.1, 0.15) is 5.82 Å². The predicted octanol–water partition coefficient (Wildman–Crippen LogP) is 2.66. The van der Waals surface area contributed by atoms with E-state index in [0.29, 0.717) is 11.3 Å². The Bertz CT molecular complexity index is 467. The van der Waals surface area contributed by atoms with Crippen LogP contribution < -0.4 is 10.6 Å². The first-order chi connectivity index (χ1) is 9.93. The number of hydrogen-bond donors (Lipinski definition) is 2. The van der Waals surface area contributed by atoms with Crippen molar-refractivity contribution in [2.45, 2.75) is 64.8 Å². The molecule has 1 aliphatic carbocycles. The van der Waals surface area contributed by atoms with Crippen LogP contribution in [-0.2, 0) is 0 Å². The molecule has 1 atom stereocenters. The summed E-state index contributed by atoms with van der Waals surface area (Å²) in [6, 6.07) is 0.272. The minimum absolute atomic E-state index is 0.272. The van der Waals surface area contributed by atoms with Gasteiger partial charge in [0.15, 0.2) is 0 Å². The van der Waals surface area contributed by atoms with Gasteiger partial charge >= 0.3 is 0 Å². The Kier molecular flexibility index (Phi) is 3.95. The highest BCUT2D eigenvalue weighted by atomic mass is 15.4. The number of hydrogen-bond acceptors (Lipinski definition) is 4. The van der Waals surface area contributed by atoms with E-state index in [0.717, 1.165) is 37.2 Å². The van der Waals surface area contributed by atoms with Gasteiger partial charge in [-0.15, -0.1) is 5.10 Å². The van der Waals surface area contributed by atoms with E-state index >= 15 is 0 Å². The molecule has 1 saturated heterocycles. The number of anilines is 1. The Morgan fingerprint density at radius 3 is 2.43 bits per heavy atom. The summed E-state index contributed by atoms with van der Waals surface area (Å²) in [5.41, 5.74) is 6.39. The van der Waals surface area contributed by atoms with E-state index in [1.165, 1.54) is 25.7 Å². The molecule has 118 valence electrons. The molecule has 2 aliphatic rings. The zero-order chi connectivity index (χ0) is 15.0. The second-order valence-corrected chi connectivity index (χ2v) is 7.93. The molecule has 0 amide bonds. The van der Waals surface area contributed by atoms with Crippen molar-refractivity contribution in [1.29, 1.82) is 0 Å². The molecule has 1 aliphatic heterocycles. The van der Waals surface area contributed by atoms with Gasteiger partial charge in [-0.2, -0.15) is 4.98 Å². The van der Waals surface area contributed by atoms with Gasteiger partial charge in [0.05, 0.1) is 0 Å². The Balaban J connectivity index is 1.60. The molecule has 0 spiro atoms. The normalized spacial score (nSPS) is 30.9. The minimum Gasteiger partial charge on any atom is -0.338 e. The maximum atomic E-state index is 5.96. The van der Waals surface area contributed by atoms with E-state index in [2.05, 4.69) is 35.9 Å². The SMILES string of the molecule is CC(C)(C)C1CCC(c2nc(N3CCC(N)C3)n[nH]2)CC1. The Morgan fingerprint density at radius 2 is 1.86 bits per heavy atom. The molecule has 1 aromatic heterocycles. The van der Waals surface area contributed by atoms with E-state index < -0.39 is 0 Å². The molecule has 21 heavy (non-hydrogen) atoms. The van der Waals surface area contributed by atoms with Crippen LogP contribution in [0.1, 0.15) is 64.6 Å². The first-order valence-corrected chi connectivity index (χ1v) is 8.36. The van der Waals surface area contributed by atoms with Crippen molar-refractivity contribution in [3.63, 3.8) is 0 Å². The van der Waals surface area contributed by atoms with Gasteiger partial charge in [0, 0.05) is 25.0 Å². The molecule has 2 heterocycles. The van der Waals surface area contributed by atoms with Crippen LogP contribution in [0.5, 0.6) is 0 Å². The number of aromatic amines is 1. The molecule has 0 bridgehead atoms. The van der Waals surface area contributed by atoms with E-state index in [4.69, 9.17) is 10.7 Å². The van der Waals surface area contributed by atoms with Crippen molar-refractivity contribution in [1.82, 2.24) is 15.2 Å². The molecule has 5 nitrogen and oxygen atoms in total. The van der Waals surface area contributed by atoms with E-state index in [-0.39, 0.29) is 6.04 Å². The fourth-order valence-corrected chi connectivity index (χ4v) is 3.79. The van der Waals surface area contributed by atoms with Crippen LogP contribution in [0.3, 0.4) is 0 Å². The van der Waals surface area contributed by atoms with Crippen LogP contribution in [-0.4, -0.2) is 34.3 Å². The van der Waals surface area contributed by atoms with E-state index in [9.17, 15) is 0 Å². The van der Waals surface area contributed by atoms with Crippen LogP contribution in [0.4, 0.5) is 5.95 Å². The standard InChI is InChI=1S/C16H29N5/c1-16(2,3)12-6-4-11(5-7-12)14-18-15(20-19-14)21-9-8-13(17)10-21/h11-13H,4-10,17H2,1-3H3,(H,18,19,20). The lowest BCUT2D eigenvalue weighted by molar-refractivity contribution is 0.167. The molecular formula is C16H29N5. The number of nitrogens with two attached hydrogens (primary N) is 1. The number of nitrogens with zero attached hydrogens (tertiary/aromatic N) is 3. The highest BCUT2D eigenvalue weighted by molar-refractivity contribution is 5.31. The molecule has 1 aromatic rings. The zero-order valence-electron chi connectivity index (χ0n) is 13.6. The van der Waals surface area contributed by atoms with Crippen LogP contribution in [0.25, 0.3) is 0 Å². The van der Waals surface area contributed by atoms with Gasteiger partial charge in [-0.05, 0) is 43.4 Å². The van der Waals surface area contributed by atoms with Crippen LogP contribution in [0.2, 0.25) is 0 Å². The summed E-state index contributed by atoms with van der Waals surface area (Å²) < 4.78 is 0. The maximum absolute atomic E-state index is 5.96. The Labute approximate surface area is 127 Å². The van der Waals surface area contributed by atoms with Gasteiger partial charge in [-0.3, -0.25) is 5.10 Å². The third-order valence-corrected chi connectivity index (χ3v) is 5.34. The number of aromatic nitrogens is 3. The predicted molar refractivity (Wildman–Crippen MR) is 85.3 cm³/mol. The summed E-state index contributed by atoms with van der Waals surface area (Å²) in [6.45, 7) is 8.95. The second kappa shape index (κ2) is 5.59. The summed E-state index contributed by atoms with van der Waals surface area (Å²) in [4.78, 5) is 6.94. The molecule has 5 heteroatoms. The van der Waals surface area contributed by atoms with Crippen molar-refractivity contribution in [3.8, 4) is 0 Å². The monoisotopic (exact) mass is 291 g/mol. The lowest BCUT2D eigenvalue weighted by Gasteiger charge is -2.36. The van der Waals surface area contributed by atoms with E-state index in [1.807, 2.05) is 0 Å². The zero-order valence-corrected chi connectivity index (χ0v) is 13.6. The third-order valence-electron chi connectivity index (χ3n) is 5.34. The van der Waals surface area contributed by atoms with Gasteiger partial charge in [0.2, 0.25) is 5.95 Å². The van der Waals surface area contributed by atoms with Crippen molar-refractivity contribution >= 4 is 5.95 Å². The first-order valence-electron chi connectivity index (χ1n) is 8.36. The highest BCUT2D eigenvalue weighted by Crippen LogP contribution is 2.42. The quantitative estimate of drug-likeness (QED) is 0.879. The minimum atomic E-state index is 0.272. The molecular weight excluding hydrogens is 262 g/mol. The van der Waals surface area contributed by atoms with Gasteiger partial charge in [-0.1, -0.05) is 20.8 Å². The van der Waals surface area contributed by atoms with Crippen LogP contribution >= 0.6 is 0 Å². The second-order valence-electron chi connectivity index (χ2n) is 7.93. The molecule has 2 fully saturated rings. The number of rotatable bonds is 2. The molecule has 3 rings (SSSR count). The van der Waals surface area contributed by atoms with Crippen LogP contribution in [0.15, 0.2) is 0 Å². The van der Waals surface area contributed by atoms with Crippen molar-refractivity contribution < 1.29 is 0 Å². The summed E-state index contributed by atoms with van der Waals surface area (Å²) >= 11 is 0. The van der Waals surface area contributed by atoms with Crippen molar-refractivity contribution in [2.24, 2.45) is 17.1 Å². The fourth-order valence-electron chi connectivity index (χ4n) is 3.79. The van der Waals surface area contributed by atoms with E-state index in [1.54, 1.807) is 0 Å². The smallest absolute Gasteiger partial charge is 0.244 e. The lowest BCUT2D eigenvalue weighted by Crippen LogP contribution is -2.27.